The predicted molar refractivity (Wildman–Crippen MR) is 79.4 cm³/mol. The van der Waals surface area contributed by atoms with Crippen LogP contribution in [0.3, 0.4) is 0 Å². The van der Waals surface area contributed by atoms with Crippen LogP contribution in [0.4, 0.5) is 4.39 Å². The number of rotatable bonds is 4. The molecular formula is C14H13ClFN3O4. The van der Waals surface area contributed by atoms with Crippen LogP contribution in [0.15, 0.2) is 23.3 Å². The quantitative estimate of drug-likeness (QED) is 0.863. The van der Waals surface area contributed by atoms with Crippen molar-refractivity contribution in [2.75, 3.05) is 7.05 Å². The molecule has 0 aliphatic carbocycles. The summed E-state index contributed by atoms with van der Waals surface area (Å²) in [5, 5.41) is 16.2. The molecule has 1 aliphatic heterocycles. The maximum absolute atomic E-state index is 13.5. The third-order valence-electron chi connectivity index (χ3n) is 3.27. The largest absolute Gasteiger partial charge is 0.479 e. The lowest BCUT2D eigenvalue weighted by molar-refractivity contribution is -0.141. The Hall–Kier alpha value is -2.48. The van der Waals surface area contributed by atoms with Crippen LogP contribution in [-0.4, -0.2) is 40.7 Å². The lowest BCUT2D eigenvalue weighted by Crippen LogP contribution is -2.41. The predicted octanol–water partition coefficient (Wildman–Crippen LogP) is 1.33. The van der Waals surface area contributed by atoms with Crippen LogP contribution < -0.4 is 5.32 Å². The molecule has 0 saturated carbocycles. The van der Waals surface area contributed by atoms with Gasteiger partial charge >= 0.3 is 5.97 Å². The van der Waals surface area contributed by atoms with Gasteiger partial charge in [0.05, 0.1) is 5.02 Å². The zero-order chi connectivity index (χ0) is 17.1. The molecule has 0 spiro atoms. The van der Waals surface area contributed by atoms with Gasteiger partial charge in [0.15, 0.2) is 6.04 Å². The zero-order valence-electron chi connectivity index (χ0n) is 12.0. The second kappa shape index (κ2) is 6.74. The standard InChI is InChI=1S/C14H13ClFN3O4/c1-19-11(20)5-4-10(18-19)13(21)17-12(14(22)23)7-2-3-8(15)9(16)6-7/h2-3,6,12H,4-5H2,1H3,(H,17,21)(H,22,23)/t12-/m1/s1. The highest BCUT2D eigenvalue weighted by atomic mass is 35.5. The van der Waals surface area contributed by atoms with Crippen molar-refractivity contribution in [1.82, 2.24) is 10.3 Å². The first-order chi connectivity index (χ1) is 10.8. The fourth-order valence-corrected chi connectivity index (χ4v) is 2.14. The molecule has 9 heteroatoms. The molecule has 23 heavy (non-hydrogen) atoms. The van der Waals surface area contributed by atoms with E-state index >= 15 is 0 Å². The van der Waals surface area contributed by atoms with Crippen LogP contribution in [0, 0.1) is 5.82 Å². The summed E-state index contributed by atoms with van der Waals surface area (Å²) in [5.41, 5.74) is 0.0707. The molecule has 1 aromatic rings. The van der Waals surface area contributed by atoms with Gasteiger partial charge in [0, 0.05) is 19.9 Å². The maximum atomic E-state index is 13.5. The molecule has 0 fully saturated rings. The average molecular weight is 342 g/mol. The summed E-state index contributed by atoms with van der Waals surface area (Å²) in [6, 6.07) is 2.00. The Labute approximate surface area is 135 Å². The van der Waals surface area contributed by atoms with Gasteiger partial charge in [-0.1, -0.05) is 17.7 Å². The molecule has 1 heterocycles. The number of hydrogen-bond acceptors (Lipinski definition) is 4. The Bertz CT molecular complexity index is 707. The van der Waals surface area contributed by atoms with Crippen molar-refractivity contribution in [2.45, 2.75) is 18.9 Å². The third kappa shape index (κ3) is 3.84. The number of hydrazone groups is 1. The maximum Gasteiger partial charge on any atom is 0.330 e. The smallest absolute Gasteiger partial charge is 0.330 e. The van der Waals surface area contributed by atoms with Gasteiger partial charge in [0.2, 0.25) is 5.91 Å². The Morgan fingerprint density at radius 1 is 1.43 bits per heavy atom. The van der Waals surface area contributed by atoms with E-state index in [9.17, 15) is 23.9 Å². The highest BCUT2D eigenvalue weighted by molar-refractivity contribution is 6.39. The summed E-state index contributed by atoms with van der Waals surface area (Å²) >= 11 is 5.56. The summed E-state index contributed by atoms with van der Waals surface area (Å²) in [7, 11) is 1.40. The van der Waals surface area contributed by atoms with Gasteiger partial charge in [-0.3, -0.25) is 9.59 Å². The molecule has 7 nitrogen and oxygen atoms in total. The molecule has 0 radical (unpaired) electrons. The number of carbonyl (C=O) groups is 3. The third-order valence-corrected chi connectivity index (χ3v) is 3.58. The molecule has 2 amide bonds. The van der Waals surface area contributed by atoms with Gasteiger partial charge in [0.25, 0.3) is 5.91 Å². The van der Waals surface area contributed by atoms with Gasteiger partial charge < -0.3 is 10.4 Å². The highest BCUT2D eigenvalue weighted by Gasteiger charge is 2.27. The van der Waals surface area contributed by atoms with Crippen LogP contribution in [0.25, 0.3) is 0 Å². The minimum absolute atomic E-state index is 0.0350. The molecule has 2 N–H and O–H groups in total. The van der Waals surface area contributed by atoms with Gasteiger partial charge in [-0.2, -0.15) is 5.10 Å². The Morgan fingerprint density at radius 2 is 2.13 bits per heavy atom. The van der Waals surface area contributed by atoms with Crippen molar-refractivity contribution in [3.8, 4) is 0 Å². The first-order valence-electron chi connectivity index (χ1n) is 6.62. The topological polar surface area (TPSA) is 99.1 Å². The van der Waals surface area contributed by atoms with E-state index in [1.165, 1.54) is 19.2 Å². The van der Waals surface area contributed by atoms with Crippen molar-refractivity contribution >= 4 is 35.1 Å². The summed E-state index contributed by atoms with van der Waals surface area (Å²) in [5.74, 6) is -3.12. The molecule has 2 rings (SSSR count). The number of halogens is 2. The lowest BCUT2D eigenvalue weighted by Gasteiger charge is -2.21. The molecule has 1 aromatic carbocycles. The molecular weight excluding hydrogens is 329 g/mol. The zero-order valence-corrected chi connectivity index (χ0v) is 12.8. The second-order valence-corrected chi connectivity index (χ2v) is 5.29. The van der Waals surface area contributed by atoms with Gasteiger partial charge in [-0.15, -0.1) is 0 Å². The molecule has 0 aromatic heterocycles. The van der Waals surface area contributed by atoms with Crippen molar-refractivity contribution < 1.29 is 23.9 Å². The van der Waals surface area contributed by atoms with Gasteiger partial charge in [-0.05, 0) is 17.7 Å². The van der Waals surface area contributed by atoms with Crippen molar-refractivity contribution in [3.05, 3.63) is 34.6 Å². The number of benzene rings is 1. The minimum Gasteiger partial charge on any atom is -0.479 e. The van der Waals surface area contributed by atoms with Crippen molar-refractivity contribution in [3.63, 3.8) is 0 Å². The molecule has 1 atom stereocenters. The Kier molecular flexibility index (Phi) is 4.95. The number of hydrogen-bond donors (Lipinski definition) is 2. The van der Waals surface area contributed by atoms with E-state index in [1.807, 2.05) is 0 Å². The first-order valence-corrected chi connectivity index (χ1v) is 7.00. The number of amides is 2. The summed E-state index contributed by atoms with van der Waals surface area (Å²) in [6.07, 6.45) is 0.215. The summed E-state index contributed by atoms with van der Waals surface area (Å²) in [4.78, 5) is 34.8. The van der Waals surface area contributed by atoms with Crippen molar-refractivity contribution in [1.29, 1.82) is 0 Å². The average Bonchev–Trinajstić information content (AvgIpc) is 2.50. The van der Waals surface area contributed by atoms with Crippen LogP contribution >= 0.6 is 11.6 Å². The van der Waals surface area contributed by atoms with Gasteiger partial charge in [0.1, 0.15) is 11.5 Å². The van der Waals surface area contributed by atoms with E-state index in [-0.39, 0.29) is 35.0 Å². The number of carboxylic acid groups (broad SMARTS) is 1. The SMILES string of the molecule is CN1N=C(C(=O)N[C@@H](C(=O)O)c2ccc(Cl)c(F)c2)CCC1=O. The molecule has 1 aliphatic rings. The van der Waals surface area contributed by atoms with E-state index in [1.54, 1.807) is 0 Å². The fourth-order valence-electron chi connectivity index (χ4n) is 2.03. The molecule has 0 unspecified atom stereocenters. The summed E-state index contributed by atoms with van der Waals surface area (Å²) in [6.45, 7) is 0. The fraction of sp³-hybridized carbons (Fsp3) is 0.286. The number of carbonyl (C=O) groups excluding carboxylic acids is 2. The van der Waals surface area contributed by atoms with E-state index in [2.05, 4.69) is 10.4 Å². The van der Waals surface area contributed by atoms with E-state index in [0.29, 0.717) is 0 Å². The van der Waals surface area contributed by atoms with E-state index in [4.69, 9.17) is 11.6 Å². The first kappa shape index (κ1) is 16.9. The molecule has 122 valence electrons. The molecule has 0 saturated heterocycles. The van der Waals surface area contributed by atoms with Crippen LogP contribution in [0.5, 0.6) is 0 Å². The van der Waals surface area contributed by atoms with E-state index < -0.39 is 23.7 Å². The minimum atomic E-state index is -1.46. The number of nitrogens with zero attached hydrogens (tertiary/aromatic N) is 2. The lowest BCUT2D eigenvalue weighted by atomic mass is 10.1. The number of aliphatic carboxylic acids is 1. The van der Waals surface area contributed by atoms with Crippen LogP contribution in [0.1, 0.15) is 24.4 Å². The second-order valence-electron chi connectivity index (χ2n) is 4.88. The molecule has 0 bridgehead atoms. The highest BCUT2D eigenvalue weighted by Crippen LogP contribution is 2.21. The van der Waals surface area contributed by atoms with Crippen LogP contribution in [-0.2, 0) is 14.4 Å². The monoisotopic (exact) mass is 341 g/mol. The number of nitrogens with one attached hydrogen (secondary N) is 1. The van der Waals surface area contributed by atoms with Crippen molar-refractivity contribution in [2.24, 2.45) is 5.10 Å². The van der Waals surface area contributed by atoms with Crippen LogP contribution in [0.2, 0.25) is 5.02 Å². The summed E-state index contributed by atoms with van der Waals surface area (Å²) < 4.78 is 13.5. The Morgan fingerprint density at radius 3 is 2.70 bits per heavy atom. The van der Waals surface area contributed by atoms with E-state index in [0.717, 1.165) is 11.1 Å². The van der Waals surface area contributed by atoms with Gasteiger partial charge in [-0.25, -0.2) is 14.2 Å². The Balaban J connectivity index is 2.21. The number of carboxylic acids is 1. The normalized spacial score (nSPS) is 15.9.